The summed E-state index contributed by atoms with van der Waals surface area (Å²) in [5.74, 6) is -0.387. The van der Waals surface area contributed by atoms with E-state index < -0.39 is 89.1 Å². The van der Waals surface area contributed by atoms with E-state index in [-0.39, 0.29) is 89.0 Å². The SMILES string of the molecule is NCCN.Nc1nc2c(ncn2C2OC(COP(=O)([O-])[O-])C(O)C2O)c(=O)[nH]1.Nc1nc2c(ncn2C2OC(COP(=O)([O-])[O-])C(O)C2O)c(=O)[nH]1.[Ca+2].[Cu+2]. The molecule has 2 aliphatic heterocycles. The first kappa shape index (κ1) is 48.1. The second kappa shape index (κ2) is 19.9. The maximum atomic E-state index is 11.7. The number of phosphoric acid groups is 2. The van der Waals surface area contributed by atoms with E-state index in [4.69, 9.17) is 32.4 Å². The van der Waals surface area contributed by atoms with E-state index in [1.165, 1.54) is 0 Å². The number of nitrogens with one attached hydrogen (secondary N) is 2. The Morgan fingerprint density at radius 1 is 0.722 bits per heavy atom. The second-order valence-electron chi connectivity index (χ2n) is 10.7. The van der Waals surface area contributed by atoms with Crippen LogP contribution in [0.25, 0.3) is 22.3 Å². The van der Waals surface area contributed by atoms with E-state index in [1.807, 2.05) is 0 Å². The van der Waals surface area contributed by atoms with Crippen LogP contribution in [0.4, 0.5) is 11.9 Å². The van der Waals surface area contributed by atoms with Gasteiger partial charge in [0.15, 0.2) is 34.8 Å². The van der Waals surface area contributed by atoms with Gasteiger partial charge in [-0.3, -0.25) is 28.7 Å². The number of fused-ring (bicyclic) bond motifs is 2. The van der Waals surface area contributed by atoms with Gasteiger partial charge in [-0.05, 0) is 0 Å². The van der Waals surface area contributed by atoms with Crippen LogP contribution in [0.2, 0.25) is 0 Å². The van der Waals surface area contributed by atoms with Gasteiger partial charge >= 0.3 is 54.8 Å². The van der Waals surface area contributed by atoms with Crippen LogP contribution in [0.15, 0.2) is 22.2 Å². The molecule has 299 valence electrons. The van der Waals surface area contributed by atoms with Crippen molar-refractivity contribution in [2.75, 3.05) is 37.8 Å². The Morgan fingerprint density at radius 2 is 1.06 bits per heavy atom. The van der Waals surface area contributed by atoms with Crippen molar-refractivity contribution in [3.63, 3.8) is 0 Å². The van der Waals surface area contributed by atoms with Crippen LogP contribution in [0.3, 0.4) is 0 Å². The number of nitrogens with zero attached hydrogens (tertiary/aromatic N) is 6. The van der Waals surface area contributed by atoms with E-state index >= 15 is 0 Å². The first-order valence-electron chi connectivity index (χ1n) is 14.5. The molecule has 6 heterocycles. The summed E-state index contributed by atoms with van der Waals surface area (Å²) in [6.45, 7) is -0.358. The molecular formula is C22H32CaCuN12O16P2. The zero-order chi connectivity index (χ0) is 38.7. The number of hydrogen-bond donors (Lipinski definition) is 10. The summed E-state index contributed by atoms with van der Waals surface area (Å²) < 4.78 is 42.1. The van der Waals surface area contributed by atoms with Crippen molar-refractivity contribution in [3.8, 4) is 0 Å². The fourth-order valence-corrected chi connectivity index (χ4v) is 5.44. The number of anilines is 2. The third-order valence-corrected chi connectivity index (χ3v) is 8.02. The predicted octanol–water partition coefficient (Wildman–Crippen LogP) is -9.15. The Morgan fingerprint density at radius 3 is 1.35 bits per heavy atom. The van der Waals surface area contributed by atoms with Crippen LogP contribution in [0, 0.1) is 0 Å². The fraction of sp³-hybridized carbons (Fsp3) is 0.545. The Bertz CT molecular complexity index is 1920. The van der Waals surface area contributed by atoms with Crippen molar-refractivity contribution in [2.45, 2.75) is 49.1 Å². The Labute approximate surface area is 341 Å². The van der Waals surface area contributed by atoms with E-state index in [9.17, 15) is 58.7 Å². The molecule has 32 heteroatoms. The smallest absolute Gasteiger partial charge is 0.790 e. The largest absolute Gasteiger partial charge is 2.00 e. The van der Waals surface area contributed by atoms with E-state index in [2.05, 4.69) is 39.0 Å². The van der Waals surface area contributed by atoms with Crippen LogP contribution < -0.4 is 53.6 Å². The van der Waals surface area contributed by atoms with Gasteiger partial charge in [-0.1, -0.05) is 0 Å². The van der Waals surface area contributed by atoms with Gasteiger partial charge in [0.05, 0.1) is 41.5 Å². The van der Waals surface area contributed by atoms with Crippen LogP contribution in [0.5, 0.6) is 0 Å². The molecule has 14 N–H and O–H groups in total. The Balaban J connectivity index is 0.000000329. The third kappa shape index (κ3) is 11.8. The van der Waals surface area contributed by atoms with Crippen LogP contribution >= 0.6 is 15.6 Å². The average Bonchev–Trinajstić information content (AvgIpc) is 3.80. The standard InChI is InChI=1S/2C10H14N5O8P.C2H8N2.Ca.Cu/c2*11-10-13-7-4(8(18)14-10)12-2-15(7)9-6(17)5(16)3(23-9)1-22-24(19,20)21;3-1-2-4;;/h2*2-3,5-6,9,16-17H,1H2,(H2,19,20,21)(H3,11,13,14,18);1-4H2;;/q;;;2*+2/p-4. The monoisotopic (exact) mass is 885 g/mol. The Kier molecular flexibility index (Phi) is 17.7. The topological polar surface area (TPSA) is 475 Å². The number of nitrogen functional groups attached to an aromatic ring is 2. The van der Waals surface area contributed by atoms with E-state index in [0.717, 1.165) is 21.8 Å². The van der Waals surface area contributed by atoms with Gasteiger partial charge in [0, 0.05) is 13.1 Å². The number of aliphatic hydroxyl groups excluding tert-OH is 4. The minimum atomic E-state index is -5.26. The van der Waals surface area contributed by atoms with Crippen LogP contribution in [-0.2, 0) is 44.7 Å². The number of aromatic nitrogens is 8. The molecule has 8 atom stereocenters. The molecule has 0 amide bonds. The summed E-state index contributed by atoms with van der Waals surface area (Å²) in [6.07, 6.45) is -8.92. The van der Waals surface area contributed by atoms with Crippen LogP contribution in [0.1, 0.15) is 12.5 Å². The number of phosphoric ester groups is 2. The number of rotatable bonds is 9. The molecule has 0 spiro atoms. The number of ether oxygens (including phenoxy) is 2. The Hall–Kier alpha value is -2.02. The zero-order valence-electron chi connectivity index (χ0n) is 27.2. The molecule has 0 saturated carbocycles. The summed E-state index contributed by atoms with van der Waals surface area (Å²) in [4.78, 5) is 85.4. The minimum Gasteiger partial charge on any atom is -0.790 e. The molecule has 2 saturated heterocycles. The van der Waals surface area contributed by atoms with Crippen molar-refractivity contribution < 1.29 is 84.7 Å². The number of nitrogens with two attached hydrogens (primary N) is 4. The molecule has 8 unspecified atom stereocenters. The summed E-state index contributed by atoms with van der Waals surface area (Å²) in [5.41, 5.74) is 19.3. The number of hydrogen-bond acceptors (Lipinski definition) is 24. The molecule has 4 aromatic heterocycles. The molecule has 28 nitrogen and oxygen atoms in total. The van der Waals surface area contributed by atoms with E-state index in [0.29, 0.717) is 13.1 Å². The summed E-state index contributed by atoms with van der Waals surface area (Å²) in [7, 11) is -10.5. The summed E-state index contributed by atoms with van der Waals surface area (Å²) >= 11 is 0. The van der Waals surface area contributed by atoms with Gasteiger partial charge in [-0.25, -0.2) is 9.97 Å². The van der Waals surface area contributed by atoms with Gasteiger partial charge < -0.3 is 90.6 Å². The number of aliphatic hydroxyl groups is 4. The predicted molar refractivity (Wildman–Crippen MR) is 168 cm³/mol. The summed E-state index contributed by atoms with van der Waals surface area (Å²) in [5, 5.41) is 40.0. The third-order valence-electron chi connectivity index (χ3n) is 7.08. The van der Waals surface area contributed by atoms with Crippen molar-refractivity contribution in [1.29, 1.82) is 0 Å². The molecule has 2 aliphatic rings. The zero-order valence-corrected chi connectivity index (χ0v) is 32.1. The van der Waals surface area contributed by atoms with Crippen molar-refractivity contribution in [1.82, 2.24) is 39.0 Å². The number of H-pyrrole nitrogens is 2. The quantitative estimate of drug-likeness (QED) is 0.0551. The molecule has 0 aromatic carbocycles. The molecule has 2 fully saturated rings. The minimum absolute atomic E-state index is 0. The number of aromatic amines is 2. The maximum Gasteiger partial charge on any atom is 2.00 e. The van der Waals surface area contributed by atoms with Gasteiger partial charge in [0.1, 0.15) is 36.6 Å². The molecule has 0 bridgehead atoms. The van der Waals surface area contributed by atoms with Crippen molar-refractivity contribution in [3.05, 3.63) is 33.4 Å². The van der Waals surface area contributed by atoms with Gasteiger partial charge in [0.2, 0.25) is 11.9 Å². The molecule has 1 radical (unpaired) electrons. The van der Waals surface area contributed by atoms with Crippen molar-refractivity contribution >= 4 is 87.6 Å². The molecule has 0 aliphatic carbocycles. The number of imidazole rings is 2. The van der Waals surface area contributed by atoms with Gasteiger partial charge in [-0.2, -0.15) is 9.97 Å². The molecule has 54 heavy (non-hydrogen) atoms. The molecule has 6 rings (SSSR count). The summed E-state index contributed by atoms with van der Waals surface area (Å²) in [6, 6.07) is 0. The van der Waals surface area contributed by atoms with E-state index in [1.54, 1.807) is 0 Å². The van der Waals surface area contributed by atoms with Gasteiger partial charge in [-0.15, -0.1) is 0 Å². The molecular weight excluding hydrogens is 854 g/mol. The van der Waals surface area contributed by atoms with Crippen molar-refractivity contribution in [2.24, 2.45) is 11.5 Å². The normalized spacial score (nSPS) is 25.3. The first-order chi connectivity index (χ1) is 24.3. The second-order valence-corrected chi connectivity index (χ2v) is 13.0. The maximum absolute atomic E-state index is 11.7. The van der Waals surface area contributed by atoms with Gasteiger partial charge in [0.25, 0.3) is 11.1 Å². The first-order valence-corrected chi connectivity index (χ1v) is 17.4. The fourth-order valence-electron chi connectivity index (χ4n) is 4.78. The molecule has 4 aromatic rings. The average molecular weight is 886 g/mol. The van der Waals surface area contributed by atoms with Crippen LogP contribution in [-0.4, -0.2) is 160 Å².